The van der Waals surface area contributed by atoms with Gasteiger partial charge < -0.3 is 14.2 Å². The molecule has 5 rings (SSSR count). The fraction of sp³-hybridized carbons (Fsp3) is 0.216. The second-order valence-corrected chi connectivity index (χ2v) is 18.5. The molecule has 0 bridgehead atoms. The summed E-state index contributed by atoms with van der Waals surface area (Å²) < 4.78 is 149. The minimum absolute atomic E-state index is 0.00265. The molecular formula is C37H29BrCl4F6N4O8S2. The zero-order chi connectivity index (χ0) is 46.5. The Hall–Kier alpha value is -3.93. The maximum atomic E-state index is 13.6. The Morgan fingerprint density at radius 3 is 1.60 bits per heavy atom. The molecule has 5 aromatic rings. The first-order valence-corrected chi connectivity index (χ1v) is 21.9. The first kappa shape index (κ1) is 50.7. The Morgan fingerprint density at radius 1 is 0.694 bits per heavy atom. The van der Waals surface area contributed by atoms with Gasteiger partial charge in [0, 0.05) is 26.6 Å². The molecule has 12 nitrogen and oxygen atoms in total. The summed E-state index contributed by atoms with van der Waals surface area (Å²) in [7, 11) is -5.39. The van der Waals surface area contributed by atoms with E-state index in [0.29, 0.717) is 22.0 Å². The van der Waals surface area contributed by atoms with Gasteiger partial charge in [0.1, 0.15) is 29.5 Å². The van der Waals surface area contributed by atoms with E-state index in [-0.39, 0.29) is 43.0 Å². The minimum Gasteiger partial charge on any atom is -0.496 e. The molecule has 0 aliphatic heterocycles. The van der Waals surface area contributed by atoms with Gasteiger partial charge in [0.2, 0.25) is 5.78 Å². The van der Waals surface area contributed by atoms with E-state index in [1.54, 1.807) is 25.1 Å². The van der Waals surface area contributed by atoms with Crippen LogP contribution in [0.5, 0.6) is 5.75 Å². The Kier molecular flexibility index (Phi) is 16.6. The van der Waals surface area contributed by atoms with Crippen LogP contribution >= 0.6 is 62.3 Å². The molecule has 2 aromatic heterocycles. The van der Waals surface area contributed by atoms with E-state index < -0.39 is 82.6 Å². The Balaban J connectivity index is 0.000000287. The lowest BCUT2D eigenvalue weighted by Gasteiger charge is -2.26. The van der Waals surface area contributed by atoms with E-state index in [1.807, 2.05) is 0 Å². The fourth-order valence-corrected chi connectivity index (χ4v) is 9.50. The van der Waals surface area contributed by atoms with Crippen molar-refractivity contribution in [1.29, 1.82) is 0 Å². The van der Waals surface area contributed by atoms with Gasteiger partial charge in [-0.05, 0) is 83.0 Å². The summed E-state index contributed by atoms with van der Waals surface area (Å²) in [5.74, 6) is -0.476. The lowest BCUT2D eigenvalue weighted by molar-refractivity contribution is -0.138. The molecule has 0 radical (unpaired) electrons. The van der Waals surface area contributed by atoms with Crippen LogP contribution in [0.1, 0.15) is 32.7 Å². The van der Waals surface area contributed by atoms with Crippen LogP contribution < -0.4 is 13.3 Å². The number of aromatic nitrogens is 2. The topological polar surface area (TPSA) is 145 Å². The van der Waals surface area contributed by atoms with Gasteiger partial charge in [-0.15, -0.1) is 0 Å². The van der Waals surface area contributed by atoms with Crippen molar-refractivity contribution in [3.63, 3.8) is 0 Å². The van der Waals surface area contributed by atoms with E-state index in [2.05, 4.69) is 25.9 Å². The number of hydrogen-bond donors (Lipinski definition) is 0. The Morgan fingerprint density at radius 2 is 1.15 bits per heavy atom. The average Bonchev–Trinajstić information content (AvgIpc) is 3.19. The number of sulfonamides is 2. The minimum atomic E-state index is -4.91. The number of ketones is 1. The number of methoxy groups -OCH3 is 3. The number of pyridine rings is 2. The molecule has 62 heavy (non-hydrogen) atoms. The van der Waals surface area contributed by atoms with Crippen LogP contribution in [0.2, 0.25) is 20.1 Å². The van der Waals surface area contributed by atoms with Crippen molar-refractivity contribution in [1.82, 2.24) is 9.97 Å². The normalized spacial score (nSPS) is 12.0. The van der Waals surface area contributed by atoms with Gasteiger partial charge in [-0.25, -0.2) is 35.4 Å². The summed E-state index contributed by atoms with van der Waals surface area (Å²) in [4.78, 5) is 20.2. The molecule has 25 heteroatoms. The molecule has 0 saturated heterocycles. The van der Waals surface area contributed by atoms with E-state index in [0.717, 1.165) is 40.8 Å². The summed E-state index contributed by atoms with van der Waals surface area (Å²) in [5.41, 5.74) is -2.59. The van der Waals surface area contributed by atoms with Crippen LogP contribution in [-0.2, 0) is 41.9 Å². The van der Waals surface area contributed by atoms with Crippen molar-refractivity contribution >= 4 is 99.5 Å². The number of halogens is 11. The fourth-order valence-electron chi connectivity index (χ4n) is 5.39. The molecular weight excluding hydrogens is 1030 g/mol. The zero-order valence-electron chi connectivity index (χ0n) is 31.9. The average molecular weight is 1060 g/mol. The molecule has 0 aliphatic rings. The van der Waals surface area contributed by atoms with Gasteiger partial charge in [0.15, 0.2) is 0 Å². The molecule has 0 amide bonds. The standard InChI is InChI=1S/C23H19Cl2F3N2O5S.C14H10BrCl2F3N2O3S/c1-13-5-4-6-19(35-3)20(13)22(31)21-18(9-14(24)11-29-21)30(12-34-2)36(32,33)15-7-8-17(25)16(10-15)23(26,27)28;1-25-7-22(12-4-8(16)6-21-13(12)15)26(23,24)9-2-3-11(17)10(5-9)14(18,19)20/h4-11H,12H2,1-3H3;2-6H,7H2,1H3. The molecule has 0 spiro atoms. The Bertz CT molecular complexity index is 2700. The van der Waals surface area contributed by atoms with Crippen molar-refractivity contribution < 1.29 is 62.2 Å². The van der Waals surface area contributed by atoms with Crippen LogP contribution in [0, 0.1) is 6.92 Å². The highest BCUT2D eigenvalue weighted by Gasteiger charge is 2.38. The lowest BCUT2D eigenvalue weighted by atomic mass is 10.00. The number of anilines is 2. The molecule has 0 unspecified atom stereocenters. The van der Waals surface area contributed by atoms with Crippen molar-refractivity contribution in [3.8, 4) is 5.75 Å². The molecule has 0 atom stereocenters. The number of nitrogens with zero attached hydrogens (tertiary/aromatic N) is 4. The highest BCUT2D eigenvalue weighted by molar-refractivity contribution is 9.10. The number of carbonyl (C=O) groups is 1. The third kappa shape index (κ3) is 11.4. The van der Waals surface area contributed by atoms with Crippen LogP contribution in [0.3, 0.4) is 0 Å². The quantitative estimate of drug-likeness (QED) is 0.0483. The van der Waals surface area contributed by atoms with E-state index in [9.17, 15) is 48.0 Å². The Labute approximate surface area is 379 Å². The number of carbonyl (C=O) groups excluding carboxylic acids is 1. The first-order valence-electron chi connectivity index (χ1n) is 16.7. The summed E-state index contributed by atoms with van der Waals surface area (Å²) in [5, 5.41) is -1.18. The second-order valence-electron chi connectivity index (χ2n) is 12.3. The van der Waals surface area contributed by atoms with Gasteiger partial charge in [-0.1, -0.05) is 58.5 Å². The molecule has 334 valence electrons. The van der Waals surface area contributed by atoms with Gasteiger partial charge in [-0.3, -0.25) is 4.79 Å². The van der Waals surface area contributed by atoms with Crippen molar-refractivity contribution in [2.24, 2.45) is 0 Å². The molecule has 3 aromatic carbocycles. The SMILES string of the molecule is COCN(c1cc(Cl)cnc1Br)S(=O)(=O)c1ccc(Cl)c(C(F)(F)F)c1.COCN(c1cc(Cl)cnc1C(=O)c1c(C)cccc1OC)S(=O)(=O)c1ccc(Cl)c(C(F)(F)F)c1. The van der Waals surface area contributed by atoms with E-state index in [1.165, 1.54) is 33.6 Å². The predicted octanol–water partition coefficient (Wildman–Crippen LogP) is 10.7. The maximum absolute atomic E-state index is 13.6. The van der Waals surface area contributed by atoms with Crippen LogP contribution in [-0.4, -0.2) is 67.4 Å². The third-order valence-corrected chi connectivity index (χ3v) is 13.4. The molecule has 0 aliphatic carbocycles. The van der Waals surface area contributed by atoms with Crippen LogP contribution in [0.4, 0.5) is 37.7 Å². The van der Waals surface area contributed by atoms with Crippen LogP contribution in [0.25, 0.3) is 0 Å². The summed E-state index contributed by atoms with van der Waals surface area (Å²) in [6.45, 7) is 0.508. The first-order chi connectivity index (χ1) is 28.8. The number of rotatable bonds is 13. The second kappa shape index (κ2) is 20.3. The summed E-state index contributed by atoms with van der Waals surface area (Å²) >= 11 is 26.2. The predicted molar refractivity (Wildman–Crippen MR) is 223 cm³/mol. The van der Waals surface area contributed by atoms with E-state index in [4.69, 9.17) is 60.6 Å². The molecule has 2 heterocycles. The maximum Gasteiger partial charge on any atom is 0.417 e. The molecule has 0 saturated carbocycles. The number of ether oxygens (including phenoxy) is 3. The van der Waals surface area contributed by atoms with Gasteiger partial charge in [0.25, 0.3) is 20.0 Å². The van der Waals surface area contributed by atoms with Gasteiger partial charge >= 0.3 is 12.4 Å². The number of alkyl halides is 6. The largest absolute Gasteiger partial charge is 0.496 e. The van der Waals surface area contributed by atoms with Gasteiger partial charge in [-0.2, -0.15) is 26.3 Å². The van der Waals surface area contributed by atoms with Crippen LogP contribution in [0.15, 0.2) is 93.5 Å². The summed E-state index contributed by atoms with van der Waals surface area (Å²) in [6.07, 6.45) is -7.30. The summed E-state index contributed by atoms with van der Waals surface area (Å²) in [6, 6.07) is 11.8. The highest BCUT2D eigenvalue weighted by Crippen LogP contribution is 2.40. The molecule has 0 N–H and O–H groups in total. The zero-order valence-corrected chi connectivity index (χ0v) is 38.2. The van der Waals surface area contributed by atoms with E-state index >= 15 is 0 Å². The van der Waals surface area contributed by atoms with Gasteiger partial charge in [0.05, 0.1) is 65.1 Å². The number of aryl methyl sites for hydroxylation is 1. The highest BCUT2D eigenvalue weighted by atomic mass is 79.9. The van der Waals surface area contributed by atoms with Crippen molar-refractivity contribution in [2.75, 3.05) is 43.4 Å². The van der Waals surface area contributed by atoms with Crippen molar-refractivity contribution in [2.45, 2.75) is 29.1 Å². The monoisotopic (exact) mass is 1050 g/mol. The number of benzene rings is 3. The molecule has 0 fully saturated rings. The lowest BCUT2D eigenvalue weighted by Crippen LogP contribution is -2.34. The smallest absolute Gasteiger partial charge is 0.417 e. The third-order valence-electron chi connectivity index (χ3n) is 8.21. The number of hydrogen-bond acceptors (Lipinski definition) is 10. The van der Waals surface area contributed by atoms with Crippen molar-refractivity contribution in [3.05, 3.63) is 132 Å².